The van der Waals surface area contributed by atoms with E-state index in [1.165, 1.54) is 0 Å². The molecule has 0 spiro atoms. The molecule has 5 nitrogen and oxygen atoms in total. The first-order valence-corrected chi connectivity index (χ1v) is 8.51. The molecular weight excluding hydrogens is 316 g/mol. The minimum absolute atomic E-state index is 0.111. The van der Waals surface area contributed by atoms with E-state index in [2.05, 4.69) is 5.32 Å². The van der Waals surface area contributed by atoms with Gasteiger partial charge in [0.1, 0.15) is 5.75 Å². The second kappa shape index (κ2) is 7.38. The number of carbonyl (C=O) groups excluding carboxylic acids is 2. The first kappa shape index (κ1) is 17.0. The second-order valence-corrected chi connectivity index (χ2v) is 6.03. The van der Waals surface area contributed by atoms with Crippen LogP contribution in [-0.4, -0.2) is 25.5 Å². The molecule has 0 unspecified atom stereocenters. The SMILES string of the molecule is CCC(=O)N1CCCc2ccc(NC(=O)c3ccc(OC)cc3)cc21. The molecule has 1 heterocycles. The fourth-order valence-corrected chi connectivity index (χ4v) is 3.05. The molecule has 130 valence electrons. The highest BCUT2D eigenvalue weighted by molar-refractivity contribution is 6.05. The van der Waals surface area contributed by atoms with E-state index in [0.717, 1.165) is 30.6 Å². The molecule has 25 heavy (non-hydrogen) atoms. The summed E-state index contributed by atoms with van der Waals surface area (Å²) in [5.41, 5.74) is 3.30. The molecule has 2 aromatic carbocycles. The summed E-state index contributed by atoms with van der Waals surface area (Å²) in [4.78, 5) is 26.4. The van der Waals surface area contributed by atoms with E-state index in [1.54, 1.807) is 31.4 Å². The van der Waals surface area contributed by atoms with Crippen molar-refractivity contribution in [3.05, 3.63) is 53.6 Å². The van der Waals surface area contributed by atoms with Gasteiger partial charge in [-0.25, -0.2) is 0 Å². The van der Waals surface area contributed by atoms with Gasteiger partial charge < -0.3 is 15.0 Å². The fraction of sp³-hybridized carbons (Fsp3) is 0.300. The Kier molecular flexibility index (Phi) is 5.03. The average molecular weight is 338 g/mol. The first-order chi connectivity index (χ1) is 12.1. The van der Waals surface area contributed by atoms with Crippen LogP contribution in [0.15, 0.2) is 42.5 Å². The Balaban J connectivity index is 1.81. The van der Waals surface area contributed by atoms with Gasteiger partial charge in [0.2, 0.25) is 5.91 Å². The van der Waals surface area contributed by atoms with Gasteiger partial charge in [0.15, 0.2) is 0 Å². The number of carbonyl (C=O) groups is 2. The number of rotatable bonds is 4. The molecular formula is C20H22N2O3. The summed E-state index contributed by atoms with van der Waals surface area (Å²) >= 11 is 0. The molecule has 1 aliphatic heterocycles. The number of nitrogens with zero attached hydrogens (tertiary/aromatic N) is 1. The lowest BCUT2D eigenvalue weighted by molar-refractivity contribution is -0.118. The number of fused-ring (bicyclic) bond motifs is 1. The van der Waals surface area contributed by atoms with Crippen LogP contribution < -0.4 is 15.0 Å². The van der Waals surface area contributed by atoms with Crippen LogP contribution in [-0.2, 0) is 11.2 Å². The molecule has 0 aliphatic carbocycles. The fourth-order valence-electron chi connectivity index (χ4n) is 3.05. The van der Waals surface area contributed by atoms with E-state index in [0.29, 0.717) is 23.4 Å². The molecule has 5 heteroatoms. The van der Waals surface area contributed by atoms with Gasteiger partial charge in [0.05, 0.1) is 7.11 Å². The summed E-state index contributed by atoms with van der Waals surface area (Å²) in [5, 5.41) is 2.91. The predicted octanol–water partition coefficient (Wildman–Crippen LogP) is 3.64. The van der Waals surface area contributed by atoms with Crippen LogP contribution in [0.5, 0.6) is 5.75 Å². The van der Waals surface area contributed by atoms with E-state index in [-0.39, 0.29) is 11.8 Å². The lowest BCUT2D eigenvalue weighted by Crippen LogP contribution is -2.35. The highest BCUT2D eigenvalue weighted by Gasteiger charge is 2.22. The molecule has 0 radical (unpaired) electrons. The Morgan fingerprint density at radius 2 is 1.92 bits per heavy atom. The van der Waals surface area contributed by atoms with Crippen molar-refractivity contribution in [2.75, 3.05) is 23.9 Å². The van der Waals surface area contributed by atoms with Crippen LogP contribution in [0, 0.1) is 0 Å². The van der Waals surface area contributed by atoms with Gasteiger partial charge in [-0.15, -0.1) is 0 Å². The van der Waals surface area contributed by atoms with Gasteiger partial charge >= 0.3 is 0 Å². The Morgan fingerprint density at radius 1 is 1.16 bits per heavy atom. The third kappa shape index (κ3) is 3.65. The molecule has 0 saturated carbocycles. The molecule has 0 saturated heterocycles. The number of methoxy groups -OCH3 is 1. The normalized spacial score (nSPS) is 13.1. The van der Waals surface area contributed by atoms with Gasteiger partial charge in [-0.3, -0.25) is 9.59 Å². The molecule has 1 N–H and O–H groups in total. The lowest BCUT2D eigenvalue weighted by atomic mass is 10.0. The summed E-state index contributed by atoms with van der Waals surface area (Å²) in [5.74, 6) is 0.630. The maximum Gasteiger partial charge on any atom is 0.255 e. The van der Waals surface area contributed by atoms with Crippen LogP contribution in [0.3, 0.4) is 0 Å². The third-order valence-corrected chi connectivity index (χ3v) is 4.42. The third-order valence-electron chi connectivity index (χ3n) is 4.42. The van der Waals surface area contributed by atoms with E-state index < -0.39 is 0 Å². The molecule has 0 fully saturated rings. The number of aryl methyl sites for hydroxylation is 1. The molecule has 2 aromatic rings. The summed E-state index contributed by atoms with van der Waals surface area (Å²) < 4.78 is 5.11. The van der Waals surface area contributed by atoms with Crippen LogP contribution in [0.2, 0.25) is 0 Å². The van der Waals surface area contributed by atoms with Gasteiger partial charge in [0, 0.05) is 29.9 Å². The maximum atomic E-state index is 12.4. The zero-order chi connectivity index (χ0) is 17.8. The summed E-state index contributed by atoms with van der Waals surface area (Å²) in [6.45, 7) is 2.60. The Hall–Kier alpha value is -2.82. The summed E-state index contributed by atoms with van der Waals surface area (Å²) in [6.07, 6.45) is 2.40. The van der Waals surface area contributed by atoms with E-state index >= 15 is 0 Å². The van der Waals surface area contributed by atoms with Crippen molar-refractivity contribution in [2.45, 2.75) is 26.2 Å². The Bertz CT molecular complexity index is 784. The van der Waals surface area contributed by atoms with Crippen LogP contribution >= 0.6 is 0 Å². The summed E-state index contributed by atoms with van der Waals surface area (Å²) in [7, 11) is 1.59. The Morgan fingerprint density at radius 3 is 2.60 bits per heavy atom. The molecule has 0 atom stereocenters. The molecule has 0 aromatic heterocycles. The van der Waals surface area contributed by atoms with Gasteiger partial charge in [0.25, 0.3) is 5.91 Å². The lowest BCUT2D eigenvalue weighted by Gasteiger charge is -2.29. The highest BCUT2D eigenvalue weighted by Crippen LogP contribution is 2.30. The first-order valence-electron chi connectivity index (χ1n) is 8.51. The van der Waals surface area contributed by atoms with Gasteiger partial charge in [-0.05, 0) is 54.8 Å². The van der Waals surface area contributed by atoms with Crippen molar-refractivity contribution in [3.8, 4) is 5.75 Å². The summed E-state index contributed by atoms with van der Waals surface area (Å²) in [6, 6.07) is 12.7. The highest BCUT2D eigenvalue weighted by atomic mass is 16.5. The van der Waals surface area contributed by atoms with Crippen molar-refractivity contribution in [1.29, 1.82) is 0 Å². The number of hydrogen-bond donors (Lipinski definition) is 1. The average Bonchev–Trinajstić information content (AvgIpc) is 2.66. The number of benzene rings is 2. The van der Waals surface area contributed by atoms with Crippen LogP contribution in [0.1, 0.15) is 35.7 Å². The van der Waals surface area contributed by atoms with Crippen molar-refractivity contribution in [2.24, 2.45) is 0 Å². The van der Waals surface area contributed by atoms with Crippen molar-refractivity contribution in [3.63, 3.8) is 0 Å². The minimum atomic E-state index is -0.188. The van der Waals surface area contributed by atoms with Crippen molar-refractivity contribution >= 4 is 23.2 Å². The molecule has 3 rings (SSSR count). The quantitative estimate of drug-likeness (QED) is 0.926. The number of hydrogen-bond acceptors (Lipinski definition) is 3. The van der Waals surface area contributed by atoms with E-state index in [4.69, 9.17) is 4.74 Å². The minimum Gasteiger partial charge on any atom is -0.497 e. The molecule has 0 bridgehead atoms. The smallest absolute Gasteiger partial charge is 0.255 e. The molecule has 2 amide bonds. The maximum absolute atomic E-state index is 12.4. The zero-order valence-electron chi connectivity index (χ0n) is 14.5. The van der Waals surface area contributed by atoms with Gasteiger partial charge in [-0.2, -0.15) is 0 Å². The number of nitrogens with one attached hydrogen (secondary N) is 1. The Labute approximate surface area is 147 Å². The second-order valence-electron chi connectivity index (χ2n) is 6.03. The van der Waals surface area contributed by atoms with E-state index in [9.17, 15) is 9.59 Å². The van der Waals surface area contributed by atoms with Crippen molar-refractivity contribution in [1.82, 2.24) is 0 Å². The van der Waals surface area contributed by atoms with E-state index in [1.807, 2.05) is 30.0 Å². The topological polar surface area (TPSA) is 58.6 Å². The zero-order valence-corrected chi connectivity index (χ0v) is 14.5. The van der Waals surface area contributed by atoms with Crippen LogP contribution in [0.4, 0.5) is 11.4 Å². The number of anilines is 2. The number of amides is 2. The predicted molar refractivity (Wildman–Crippen MR) is 98.4 cm³/mol. The largest absolute Gasteiger partial charge is 0.497 e. The number of ether oxygens (including phenoxy) is 1. The standard InChI is InChI=1S/C20H22N2O3/c1-3-19(23)22-12-4-5-14-6-9-16(13-18(14)22)21-20(24)15-7-10-17(25-2)11-8-15/h6-11,13H,3-5,12H2,1-2H3,(H,21,24). The van der Waals surface area contributed by atoms with Crippen LogP contribution in [0.25, 0.3) is 0 Å². The molecule has 1 aliphatic rings. The monoisotopic (exact) mass is 338 g/mol. The van der Waals surface area contributed by atoms with Crippen molar-refractivity contribution < 1.29 is 14.3 Å². The van der Waals surface area contributed by atoms with Gasteiger partial charge in [-0.1, -0.05) is 13.0 Å².